The molecule has 0 unspecified atom stereocenters. The summed E-state index contributed by atoms with van der Waals surface area (Å²) in [5.74, 6) is 0.0798. The van der Waals surface area contributed by atoms with E-state index in [-0.39, 0.29) is 29.3 Å². The number of carbonyl (C=O) groups excluding carboxylic acids is 1. The number of para-hydroxylation sites is 2. The number of H-pyrrole nitrogens is 1. The molecule has 152 valence electrons. The summed E-state index contributed by atoms with van der Waals surface area (Å²) in [5, 5.41) is 2.88. The van der Waals surface area contributed by atoms with Crippen LogP contribution in [-0.4, -0.2) is 41.6 Å². The first-order valence-electron chi connectivity index (χ1n) is 8.87. The van der Waals surface area contributed by atoms with Crippen molar-refractivity contribution in [2.75, 3.05) is 16.7 Å². The summed E-state index contributed by atoms with van der Waals surface area (Å²) in [4.78, 5) is 23.6. The van der Waals surface area contributed by atoms with Crippen molar-refractivity contribution in [3.63, 3.8) is 0 Å². The minimum atomic E-state index is -3.45. The number of nitrogen functional groups attached to an aromatic ring is 1. The normalized spacial score (nSPS) is 12.9. The van der Waals surface area contributed by atoms with Crippen LogP contribution in [0, 0.1) is 0 Å². The second-order valence-corrected chi connectivity index (χ2v) is 8.44. The second-order valence-electron chi connectivity index (χ2n) is 6.69. The Morgan fingerprint density at radius 3 is 2.83 bits per heavy atom. The number of rotatable bonds is 7. The van der Waals surface area contributed by atoms with E-state index in [9.17, 15) is 13.2 Å². The van der Waals surface area contributed by atoms with Crippen LogP contribution in [-0.2, 0) is 10.0 Å². The maximum atomic E-state index is 12.4. The largest absolute Gasteiger partial charge is 0.382 e. The van der Waals surface area contributed by atoms with E-state index in [1.807, 2.05) is 37.3 Å². The predicted molar refractivity (Wildman–Crippen MR) is 114 cm³/mol. The van der Waals surface area contributed by atoms with Crippen molar-refractivity contribution in [1.29, 1.82) is 0 Å². The third-order valence-corrected chi connectivity index (χ3v) is 4.61. The molecule has 3 rings (SSSR count). The van der Waals surface area contributed by atoms with Crippen LogP contribution in [0.1, 0.15) is 29.5 Å². The summed E-state index contributed by atoms with van der Waals surface area (Å²) < 4.78 is 25.1. The van der Waals surface area contributed by atoms with E-state index in [0.717, 1.165) is 17.3 Å². The van der Waals surface area contributed by atoms with Crippen molar-refractivity contribution in [3.05, 3.63) is 54.0 Å². The van der Waals surface area contributed by atoms with Gasteiger partial charge in [-0.25, -0.2) is 18.4 Å². The van der Waals surface area contributed by atoms with Crippen molar-refractivity contribution >= 4 is 44.5 Å². The Kier molecular flexibility index (Phi) is 5.83. The van der Waals surface area contributed by atoms with Crippen molar-refractivity contribution in [1.82, 2.24) is 20.3 Å². The highest BCUT2D eigenvalue weighted by Gasteiger charge is 2.13. The van der Waals surface area contributed by atoms with Gasteiger partial charge in [-0.15, -0.1) is 0 Å². The Bertz CT molecular complexity index is 1140. The van der Waals surface area contributed by atoms with Crippen LogP contribution in [0.5, 0.6) is 0 Å². The topological polar surface area (TPSA) is 143 Å². The first-order valence-corrected chi connectivity index (χ1v) is 10.8. The fourth-order valence-corrected chi connectivity index (χ4v) is 3.25. The smallest absolute Gasteiger partial charge is 0.287 e. The van der Waals surface area contributed by atoms with Crippen LogP contribution in [0.2, 0.25) is 0 Å². The molecule has 0 aliphatic heterocycles. The molecule has 1 amide bonds. The summed E-state index contributed by atoms with van der Waals surface area (Å²) in [6.07, 6.45) is 6.79. The number of benzene rings is 1. The summed E-state index contributed by atoms with van der Waals surface area (Å²) in [6.45, 7) is 1.88. The molecule has 2 aromatic heterocycles. The van der Waals surface area contributed by atoms with Crippen LogP contribution in [0.25, 0.3) is 17.1 Å². The van der Waals surface area contributed by atoms with E-state index in [0.29, 0.717) is 12.0 Å². The van der Waals surface area contributed by atoms with Gasteiger partial charge in [0.25, 0.3) is 5.91 Å². The Balaban J connectivity index is 1.60. The predicted octanol–water partition coefficient (Wildman–Crippen LogP) is 2.13. The van der Waals surface area contributed by atoms with Crippen molar-refractivity contribution in [2.45, 2.75) is 19.4 Å². The lowest BCUT2D eigenvalue weighted by molar-refractivity contribution is 0.0931. The number of imidazole rings is 1. The molecule has 29 heavy (non-hydrogen) atoms. The number of nitrogens with zero attached hydrogens (tertiary/aromatic N) is 2. The number of anilines is 2. The lowest BCUT2D eigenvalue weighted by Gasteiger charge is -2.10. The quantitative estimate of drug-likeness (QED) is 0.466. The molecule has 0 aliphatic rings. The number of aromatic nitrogens is 3. The molecule has 10 heteroatoms. The molecule has 0 saturated carbocycles. The Hall–Kier alpha value is -3.40. The average molecular weight is 414 g/mol. The number of nitrogens with two attached hydrogens (primary N) is 1. The highest BCUT2D eigenvalue weighted by atomic mass is 32.2. The summed E-state index contributed by atoms with van der Waals surface area (Å²) >= 11 is 0. The van der Waals surface area contributed by atoms with Gasteiger partial charge < -0.3 is 16.0 Å². The highest BCUT2D eigenvalue weighted by molar-refractivity contribution is 7.92. The van der Waals surface area contributed by atoms with Crippen LogP contribution >= 0.6 is 0 Å². The molecule has 5 N–H and O–H groups in total. The molecule has 0 aliphatic carbocycles. The fraction of sp³-hybridized carbons (Fsp3) is 0.211. The van der Waals surface area contributed by atoms with Crippen molar-refractivity contribution in [3.8, 4) is 0 Å². The Morgan fingerprint density at radius 1 is 1.34 bits per heavy atom. The maximum Gasteiger partial charge on any atom is 0.287 e. The van der Waals surface area contributed by atoms with Gasteiger partial charge in [0.15, 0.2) is 5.82 Å². The van der Waals surface area contributed by atoms with Gasteiger partial charge in [-0.05, 0) is 37.1 Å². The van der Waals surface area contributed by atoms with Gasteiger partial charge in [-0.1, -0.05) is 24.3 Å². The van der Waals surface area contributed by atoms with Crippen LogP contribution in [0.4, 0.5) is 11.5 Å². The minimum absolute atomic E-state index is 0.0963. The van der Waals surface area contributed by atoms with Crippen molar-refractivity contribution < 1.29 is 13.2 Å². The molecule has 3 aromatic rings. The monoisotopic (exact) mass is 414 g/mol. The number of carbonyl (C=O) groups is 1. The molecule has 2 heterocycles. The summed E-state index contributed by atoms with van der Waals surface area (Å²) in [5.41, 5.74) is 8.14. The van der Waals surface area contributed by atoms with E-state index < -0.39 is 10.0 Å². The Labute approximate surface area is 168 Å². The average Bonchev–Trinajstić information content (AvgIpc) is 3.07. The van der Waals surface area contributed by atoms with Gasteiger partial charge in [-0.2, -0.15) is 0 Å². The number of aromatic amines is 1. The van der Waals surface area contributed by atoms with Gasteiger partial charge in [0, 0.05) is 12.2 Å². The van der Waals surface area contributed by atoms with E-state index >= 15 is 0 Å². The van der Waals surface area contributed by atoms with Gasteiger partial charge in [0.05, 0.1) is 23.0 Å². The first-order chi connectivity index (χ1) is 13.7. The molecule has 9 nitrogen and oxygen atoms in total. The van der Waals surface area contributed by atoms with E-state index in [1.165, 1.54) is 6.20 Å². The number of nitrogens with one attached hydrogen (secondary N) is 3. The number of fused-ring (bicyclic) bond motifs is 1. The van der Waals surface area contributed by atoms with Crippen LogP contribution in [0.3, 0.4) is 0 Å². The van der Waals surface area contributed by atoms with Crippen LogP contribution in [0.15, 0.2) is 42.6 Å². The first kappa shape index (κ1) is 20.3. The minimum Gasteiger partial charge on any atom is -0.382 e. The second kappa shape index (κ2) is 8.31. The zero-order valence-electron chi connectivity index (χ0n) is 16.0. The molecule has 0 bridgehead atoms. The number of sulfonamides is 1. The number of pyridine rings is 1. The lowest BCUT2D eigenvalue weighted by atomic mass is 10.2. The van der Waals surface area contributed by atoms with Gasteiger partial charge in [0.2, 0.25) is 10.0 Å². The van der Waals surface area contributed by atoms with E-state index in [2.05, 4.69) is 25.0 Å². The SMILES string of the molecule is C[C@@H](C/C=C/c1cnc(N)c(NS(C)(=O)=O)c1)NC(=O)c1nc2ccccc2[nH]1. The fourth-order valence-electron chi connectivity index (χ4n) is 2.68. The summed E-state index contributed by atoms with van der Waals surface area (Å²) in [7, 11) is -3.45. The highest BCUT2D eigenvalue weighted by Crippen LogP contribution is 2.19. The zero-order chi connectivity index (χ0) is 21.0. The zero-order valence-corrected chi connectivity index (χ0v) is 16.8. The van der Waals surface area contributed by atoms with E-state index in [4.69, 9.17) is 5.73 Å². The molecule has 0 saturated heterocycles. The number of hydrogen-bond acceptors (Lipinski definition) is 6. The van der Waals surface area contributed by atoms with Gasteiger partial charge >= 0.3 is 0 Å². The van der Waals surface area contributed by atoms with Crippen LogP contribution < -0.4 is 15.8 Å². The molecule has 1 atom stereocenters. The number of hydrogen-bond donors (Lipinski definition) is 4. The molecular weight excluding hydrogens is 392 g/mol. The van der Waals surface area contributed by atoms with Gasteiger partial charge in [-0.3, -0.25) is 9.52 Å². The standard InChI is InChI=1S/C19H22N6O3S/c1-12(22-19(26)18-23-14-8-3-4-9-15(14)24-18)6-5-7-13-10-16(17(20)21-11-13)25-29(2,27)28/h3-5,7-12,25H,6H2,1-2H3,(H2,20,21)(H,22,26)(H,23,24)/b7-5+/t12-/m0/s1. The molecule has 0 radical (unpaired) electrons. The lowest BCUT2D eigenvalue weighted by Crippen LogP contribution is -2.32. The third-order valence-electron chi connectivity index (χ3n) is 4.02. The molecule has 0 fully saturated rings. The van der Waals surface area contributed by atoms with Crippen molar-refractivity contribution in [2.24, 2.45) is 0 Å². The van der Waals surface area contributed by atoms with Gasteiger partial charge in [0.1, 0.15) is 5.82 Å². The molecule has 1 aromatic carbocycles. The Morgan fingerprint density at radius 2 is 2.10 bits per heavy atom. The third kappa shape index (κ3) is 5.55. The van der Waals surface area contributed by atoms with E-state index in [1.54, 1.807) is 12.1 Å². The summed E-state index contributed by atoms with van der Waals surface area (Å²) in [6, 6.07) is 8.89. The molecular formula is C19H22N6O3S. The maximum absolute atomic E-state index is 12.4. The number of amides is 1. The molecule has 0 spiro atoms.